The molecule has 0 bridgehead atoms. The number of nitrogens with zero attached hydrogens (tertiary/aromatic N) is 2. The van der Waals surface area contributed by atoms with Crippen LogP contribution in [-0.2, 0) is 12.8 Å². The van der Waals surface area contributed by atoms with Crippen LogP contribution in [0.2, 0.25) is 0 Å². The zero-order valence-electron chi connectivity index (χ0n) is 16.2. The van der Waals surface area contributed by atoms with Gasteiger partial charge in [-0.3, -0.25) is 0 Å². The molecular weight excluding hydrogens is 433 g/mol. The fourth-order valence-electron chi connectivity index (χ4n) is 4.11. The molecule has 3 heterocycles. The highest BCUT2D eigenvalue weighted by Gasteiger charge is 2.27. The van der Waals surface area contributed by atoms with Crippen LogP contribution in [0.25, 0.3) is 31.0 Å². The minimum atomic E-state index is -0.275. The Morgan fingerprint density at radius 2 is 1.87 bits per heavy atom. The number of hydrogen-bond acceptors (Lipinski definition) is 6. The number of fused-ring (bicyclic) bond motifs is 3. The largest absolute Gasteiger partial charge is 0.323 e. The van der Waals surface area contributed by atoms with Gasteiger partial charge in [0.1, 0.15) is 21.3 Å². The van der Waals surface area contributed by atoms with Crippen LogP contribution in [0.3, 0.4) is 0 Å². The molecule has 150 valence electrons. The number of halogens is 1. The number of thiazole rings is 2. The molecule has 0 saturated carbocycles. The molecule has 7 heteroatoms. The molecule has 0 amide bonds. The molecule has 0 saturated heterocycles. The average molecular weight is 452 g/mol. The van der Waals surface area contributed by atoms with Crippen LogP contribution in [0.5, 0.6) is 0 Å². The Hall–Kier alpha value is -2.35. The number of para-hydroxylation sites is 2. The van der Waals surface area contributed by atoms with E-state index >= 15 is 0 Å². The molecule has 1 atom stereocenters. The topological polar surface area (TPSA) is 37.8 Å². The van der Waals surface area contributed by atoms with Gasteiger partial charge in [0.25, 0.3) is 0 Å². The van der Waals surface area contributed by atoms with Gasteiger partial charge in [-0.15, -0.1) is 22.7 Å². The van der Waals surface area contributed by atoms with E-state index in [4.69, 9.17) is 4.98 Å². The van der Waals surface area contributed by atoms with Gasteiger partial charge in [0.05, 0.1) is 14.9 Å². The lowest BCUT2D eigenvalue weighted by Gasteiger charge is -2.18. The molecular formula is C23H18FN3S3. The molecule has 0 radical (unpaired) electrons. The van der Waals surface area contributed by atoms with Crippen molar-refractivity contribution >= 4 is 64.6 Å². The van der Waals surface area contributed by atoms with E-state index in [1.54, 1.807) is 17.4 Å². The van der Waals surface area contributed by atoms with Crippen molar-refractivity contribution in [2.45, 2.75) is 26.2 Å². The summed E-state index contributed by atoms with van der Waals surface area (Å²) in [7, 11) is 0. The van der Waals surface area contributed by atoms with E-state index < -0.39 is 0 Å². The molecule has 30 heavy (non-hydrogen) atoms. The van der Waals surface area contributed by atoms with Crippen molar-refractivity contribution in [3.8, 4) is 10.6 Å². The van der Waals surface area contributed by atoms with E-state index in [0.29, 0.717) is 11.4 Å². The molecule has 5 aromatic rings. The van der Waals surface area contributed by atoms with Crippen molar-refractivity contribution in [3.63, 3.8) is 0 Å². The Morgan fingerprint density at radius 1 is 1.00 bits per heavy atom. The van der Waals surface area contributed by atoms with Crippen molar-refractivity contribution in [2.75, 3.05) is 5.32 Å². The standard InChI is InChI=1S/C23H18FN3S3/c1-12-9-10-13-18(11-12)29-22(19(13)21-25-15-6-2-3-7-16(15)28-21)27-23-26-20-14(24)5-4-8-17(20)30-23/h2-8,12H,9-11H2,1H3,(H,26,27). The van der Waals surface area contributed by atoms with Gasteiger partial charge in [-0.05, 0) is 55.0 Å². The van der Waals surface area contributed by atoms with Crippen LogP contribution in [0.4, 0.5) is 14.5 Å². The minimum absolute atomic E-state index is 0.275. The van der Waals surface area contributed by atoms with Gasteiger partial charge in [-0.25, -0.2) is 14.4 Å². The number of anilines is 2. The van der Waals surface area contributed by atoms with Gasteiger partial charge < -0.3 is 5.32 Å². The van der Waals surface area contributed by atoms with Crippen molar-refractivity contribution in [2.24, 2.45) is 5.92 Å². The van der Waals surface area contributed by atoms with Gasteiger partial charge in [-0.2, -0.15) is 0 Å². The van der Waals surface area contributed by atoms with Crippen LogP contribution >= 0.6 is 34.0 Å². The summed E-state index contributed by atoms with van der Waals surface area (Å²) < 4.78 is 16.2. The van der Waals surface area contributed by atoms with Gasteiger partial charge in [0, 0.05) is 10.4 Å². The summed E-state index contributed by atoms with van der Waals surface area (Å²) in [5.74, 6) is 0.422. The van der Waals surface area contributed by atoms with E-state index in [9.17, 15) is 4.39 Å². The van der Waals surface area contributed by atoms with Crippen LogP contribution in [0, 0.1) is 11.7 Å². The average Bonchev–Trinajstić information content (AvgIpc) is 3.42. The van der Waals surface area contributed by atoms with Crippen LogP contribution < -0.4 is 5.32 Å². The maximum Gasteiger partial charge on any atom is 0.189 e. The third-order valence-corrected chi connectivity index (χ3v) is 8.77. The number of thiophene rings is 1. The Kier molecular flexibility index (Phi) is 4.37. The third-order valence-electron chi connectivity index (χ3n) is 5.61. The van der Waals surface area contributed by atoms with E-state index in [2.05, 4.69) is 35.4 Å². The second kappa shape index (κ2) is 7.11. The summed E-state index contributed by atoms with van der Waals surface area (Å²) in [5, 5.41) is 6.39. The van der Waals surface area contributed by atoms with Gasteiger partial charge in [0.15, 0.2) is 5.13 Å². The Morgan fingerprint density at radius 3 is 2.73 bits per heavy atom. The number of benzene rings is 2. The molecule has 0 fully saturated rings. The molecule has 1 aliphatic rings. The van der Waals surface area contributed by atoms with Gasteiger partial charge in [-0.1, -0.05) is 36.5 Å². The Balaban J connectivity index is 1.49. The summed E-state index contributed by atoms with van der Waals surface area (Å²) in [6.07, 6.45) is 3.38. The first-order chi connectivity index (χ1) is 14.7. The fourth-order valence-corrected chi connectivity index (χ4v) is 7.58. The highest BCUT2D eigenvalue weighted by Crippen LogP contribution is 2.48. The van der Waals surface area contributed by atoms with E-state index in [1.807, 2.05) is 23.5 Å². The molecule has 2 aromatic carbocycles. The maximum atomic E-state index is 14.1. The van der Waals surface area contributed by atoms with Crippen molar-refractivity contribution < 1.29 is 4.39 Å². The van der Waals surface area contributed by atoms with E-state index in [0.717, 1.165) is 38.2 Å². The van der Waals surface area contributed by atoms with Crippen LogP contribution in [0.15, 0.2) is 42.5 Å². The van der Waals surface area contributed by atoms with Gasteiger partial charge in [0.2, 0.25) is 0 Å². The van der Waals surface area contributed by atoms with Crippen molar-refractivity contribution in [1.82, 2.24) is 9.97 Å². The third kappa shape index (κ3) is 3.04. The van der Waals surface area contributed by atoms with Crippen molar-refractivity contribution in [3.05, 3.63) is 58.7 Å². The highest BCUT2D eigenvalue weighted by molar-refractivity contribution is 7.24. The molecule has 1 unspecified atom stereocenters. The van der Waals surface area contributed by atoms with Gasteiger partial charge >= 0.3 is 0 Å². The van der Waals surface area contributed by atoms with Crippen LogP contribution in [-0.4, -0.2) is 9.97 Å². The van der Waals surface area contributed by atoms with Crippen LogP contribution in [0.1, 0.15) is 23.8 Å². The predicted molar refractivity (Wildman–Crippen MR) is 127 cm³/mol. The smallest absolute Gasteiger partial charge is 0.189 e. The second-order valence-electron chi connectivity index (χ2n) is 7.77. The first-order valence-corrected chi connectivity index (χ1v) is 12.4. The summed E-state index contributed by atoms with van der Waals surface area (Å²) in [6, 6.07) is 13.4. The number of rotatable bonds is 3. The quantitative estimate of drug-likeness (QED) is 0.306. The van der Waals surface area contributed by atoms with E-state index in [-0.39, 0.29) is 5.82 Å². The molecule has 1 N–H and O–H groups in total. The second-order valence-corrected chi connectivity index (χ2v) is 10.9. The summed E-state index contributed by atoms with van der Waals surface area (Å²) in [6.45, 7) is 2.32. The van der Waals surface area contributed by atoms with Crippen molar-refractivity contribution in [1.29, 1.82) is 0 Å². The number of aromatic nitrogens is 2. The molecule has 3 aromatic heterocycles. The Labute approximate surface area is 185 Å². The molecule has 3 nitrogen and oxygen atoms in total. The zero-order chi connectivity index (χ0) is 20.2. The fraction of sp³-hybridized carbons (Fsp3) is 0.217. The lowest BCUT2D eigenvalue weighted by atomic mass is 9.88. The number of nitrogens with one attached hydrogen (secondary N) is 1. The minimum Gasteiger partial charge on any atom is -0.323 e. The summed E-state index contributed by atoms with van der Waals surface area (Å²) in [5.41, 5.74) is 4.10. The number of hydrogen-bond donors (Lipinski definition) is 1. The molecule has 1 aliphatic carbocycles. The Bertz CT molecular complexity index is 1360. The SMILES string of the molecule is CC1CCc2c(sc(Nc3nc4c(F)cccc4s3)c2-c2nc3ccccc3s2)C1. The predicted octanol–water partition coefficient (Wildman–Crippen LogP) is 7.64. The highest BCUT2D eigenvalue weighted by atomic mass is 32.1. The summed E-state index contributed by atoms with van der Waals surface area (Å²) in [4.78, 5) is 10.9. The summed E-state index contributed by atoms with van der Waals surface area (Å²) >= 11 is 5.04. The molecule has 0 aliphatic heterocycles. The molecule has 0 spiro atoms. The lowest BCUT2D eigenvalue weighted by Crippen LogP contribution is -2.09. The first kappa shape index (κ1) is 18.4. The lowest BCUT2D eigenvalue weighted by molar-refractivity contribution is 0.508. The monoisotopic (exact) mass is 451 g/mol. The normalized spacial score (nSPS) is 16.3. The molecule has 6 rings (SSSR count). The first-order valence-electron chi connectivity index (χ1n) is 9.98. The van der Waals surface area contributed by atoms with E-state index in [1.165, 1.54) is 44.5 Å². The maximum absolute atomic E-state index is 14.1. The zero-order valence-corrected chi connectivity index (χ0v) is 18.7.